The third-order valence-corrected chi connectivity index (χ3v) is 5.12. The van der Waals surface area contributed by atoms with E-state index in [0.717, 1.165) is 6.42 Å². The lowest BCUT2D eigenvalue weighted by Crippen LogP contribution is -2.14. The van der Waals surface area contributed by atoms with E-state index in [2.05, 4.69) is 34.6 Å². The summed E-state index contributed by atoms with van der Waals surface area (Å²) in [6.45, 7) is 11.4. The molecule has 1 rings (SSSR count). The molecule has 0 bridgehead atoms. The second-order valence-corrected chi connectivity index (χ2v) is 6.69. The summed E-state index contributed by atoms with van der Waals surface area (Å²) in [7, 11) is 0. The first-order valence-corrected chi connectivity index (χ1v) is 7.03. The van der Waals surface area contributed by atoms with Gasteiger partial charge in [0, 0.05) is 0 Å². The zero-order chi connectivity index (χ0) is 12.4. The van der Waals surface area contributed by atoms with Crippen LogP contribution in [0.25, 0.3) is 0 Å². The van der Waals surface area contributed by atoms with Crippen LogP contribution in [0.3, 0.4) is 0 Å². The molecule has 0 aliphatic heterocycles. The number of hydrogen-bond acceptors (Lipinski definition) is 1. The van der Waals surface area contributed by atoms with Gasteiger partial charge in [-0.25, -0.2) is 0 Å². The maximum absolute atomic E-state index is 10.2. The molecule has 16 heavy (non-hydrogen) atoms. The van der Waals surface area contributed by atoms with Gasteiger partial charge in [-0.2, -0.15) is 0 Å². The molecule has 0 aromatic carbocycles. The van der Waals surface area contributed by atoms with Crippen molar-refractivity contribution in [3.8, 4) is 0 Å². The Balaban J connectivity index is 2.20. The summed E-state index contributed by atoms with van der Waals surface area (Å²) in [6.07, 6.45) is 7.39. The van der Waals surface area contributed by atoms with Gasteiger partial charge < -0.3 is 5.11 Å². The van der Waals surface area contributed by atoms with Gasteiger partial charge in [-0.05, 0) is 23.2 Å². The number of unbranched alkanes of at least 4 members (excludes halogenated alkanes) is 4. The van der Waals surface area contributed by atoms with Gasteiger partial charge in [0.15, 0.2) is 0 Å². The molecular formula is C15H30O. The molecule has 1 aliphatic carbocycles. The van der Waals surface area contributed by atoms with E-state index in [4.69, 9.17) is 0 Å². The van der Waals surface area contributed by atoms with Gasteiger partial charge in [-0.1, -0.05) is 66.7 Å². The molecule has 0 aromatic rings. The Kier molecular flexibility index (Phi) is 4.45. The maximum atomic E-state index is 10.2. The van der Waals surface area contributed by atoms with E-state index in [1.54, 1.807) is 0 Å². The Morgan fingerprint density at radius 2 is 1.44 bits per heavy atom. The lowest BCUT2D eigenvalue weighted by molar-refractivity contribution is 0.117. The first kappa shape index (κ1) is 14.0. The summed E-state index contributed by atoms with van der Waals surface area (Å²) in [5.41, 5.74) is 0.658. The monoisotopic (exact) mass is 226 g/mol. The Morgan fingerprint density at radius 1 is 0.938 bits per heavy atom. The van der Waals surface area contributed by atoms with Gasteiger partial charge >= 0.3 is 0 Å². The van der Waals surface area contributed by atoms with E-state index < -0.39 is 0 Å². The first-order chi connectivity index (χ1) is 7.35. The lowest BCUT2D eigenvalue weighted by Gasteiger charge is -2.12. The van der Waals surface area contributed by atoms with Crippen LogP contribution >= 0.6 is 0 Å². The van der Waals surface area contributed by atoms with Crippen molar-refractivity contribution in [1.82, 2.24) is 0 Å². The summed E-state index contributed by atoms with van der Waals surface area (Å²) in [5, 5.41) is 10.2. The molecule has 0 saturated heterocycles. The van der Waals surface area contributed by atoms with Crippen LogP contribution in [0.5, 0.6) is 0 Å². The van der Waals surface area contributed by atoms with E-state index in [1.807, 2.05) is 0 Å². The van der Waals surface area contributed by atoms with Crippen LogP contribution in [-0.4, -0.2) is 11.2 Å². The van der Waals surface area contributed by atoms with Crippen LogP contribution < -0.4 is 0 Å². The third-order valence-electron chi connectivity index (χ3n) is 5.12. The molecule has 1 heteroatoms. The predicted octanol–water partition coefficient (Wildman–Crippen LogP) is 4.39. The second kappa shape index (κ2) is 5.08. The maximum Gasteiger partial charge on any atom is 0.0579 e. The van der Waals surface area contributed by atoms with Crippen LogP contribution in [0.2, 0.25) is 0 Å². The zero-order valence-corrected chi connectivity index (χ0v) is 11.8. The van der Waals surface area contributed by atoms with Crippen molar-refractivity contribution in [2.75, 3.05) is 0 Å². The number of rotatable bonds is 7. The van der Waals surface area contributed by atoms with Gasteiger partial charge in [0.1, 0.15) is 0 Å². The van der Waals surface area contributed by atoms with Gasteiger partial charge in [0.25, 0.3) is 0 Å². The van der Waals surface area contributed by atoms with Crippen molar-refractivity contribution in [2.24, 2.45) is 16.7 Å². The molecule has 1 saturated carbocycles. The fourth-order valence-corrected chi connectivity index (χ4v) is 3.33. The minimum absolute atomic E-state index is 0.0772. The SMILES string of the molecule is CCCCCCCC(O)C1C(C)(C)C1(C)C. The molecule has 0 radical (unpaired) electrons. The van der Waals surface area contributed by atoms with Crippen molar-refractivity contribution in [3.63, 3.8) is 0 Å². The van der Waals surface area contributed by atoms with Crippen LogP contribution in [-0.2, 0) is 0 Å². The van der Waals surface area contributed by atoms with Crippen molar-refractivity contribution >= 4 is 0 Å². The molecule has 0 amide bonds. The van der Waals surface area contributed by atoms with Crippen molar-refractivity contribution in [1.29, 1.82) is 0 Å². The van der Waals surface area contributed by atoms with Gasteiger partial charge in [-0.3, -0.25) is 0 Å². The highest BCUT2D eigenvalue weighted by molar-refractivity contribution is 5.14. The summed E-state index contributed by atoms with van der Waals surface area (Å²) in [4.78, 5) is 0. The van der Waals surface area contributed by atoms with Gasteiger partial charge in [0.2, 0.25) is 0 Å². The predicted molar refractivity (Wildman–Crippen MR) is 70.4 cm³/mol. The van der Waals surface area contributed by atoms with Crippen molar-refractivity contribution in [2.45, 2.75) is 79.2 Å². The smallest absolute Gasteiger partial charge is 0.0579 e. The van der Waals surface area contributed by atoms with E-state index in [1.165, 1.54) is 32.1 Å². The van der Waals surface area contributed by atoms with Crippen LogP contribution in [0.15, 0.2) is 0 Å². The van der Waals surface area contributed by atoms with E-state index in [-0.39, 0.29) is 6.10 Å². The third kappa shape index (κ3) is 2.61. The quantitative estimate of drug-likeness (QED) is 0.638. The van der Waals surface area contributed by atoms with Crippen molar-refractivity contribution < 1.29 is 5.11 Å². The molecule has 0 aromatic heterocycles. The largest absolute Gasteiger partial charge is 0.393 e. The van der Waals surface area contributed by atoms with E-state index in [0.29, 0.717) is 16.7 Å². The fraction of sp³-hybridized carbons (Fsp3) is 1.00. The Hall–Kier alpha value is -0.0400. The molecule has 1 nitrogen and oxygen atoms in total. The molecule has 96 valence electrons. The fourth-order valence-electron chi connectivity index (χ4n) is 3.33. The van der Waals surface area contributed by atoms with Crippen LogP contribution in [0, 0.1) is 16.7 Å². The number of aliphatic hydroxyl groups is 1. The molecule has 1 fully saturated rings. The summed E-state index contributed by atoms with van der Waals surface area (Å²) < 4.78 is 0. The van der Waals surface area contributed by atoms with Crippen LogP contribution in [0.4, 0.5) is 0 Å². The molecule has 0 spiro atoms. The molecule has 0 heterocycles. The number of hydrogen-bond donors (Lipinski definition) is 1. The van der Waals surface area contributed by atoms with Crippen molar-refractivity contribution in [3.05, 3.63) is 0 Å². The van der Waals surface area contributed by atoms with Crippen LogP contribution in [0.1, 0.15) is 73.1 Å². The number of aliphatic hydroxyl groups excluding tert-OH is 1. The Labute approximate surface area is 102 Å². The highest BCUT2D eigenvalue weighted by atomic mass is 16.3. The molecule has 1 N–H and O–H groups in total. The topological polar surface area (TPSA) is 20.2 Å². The highest BCUT2D eigenvalue weighted by Gasteiger charge is 2.66. The Morgan fingerprint density at radius 3 is 1.88 bits per heavy atom. The summed E-state index contributed by atoms with van der Waals surface area (Å²) in [5.74, 6) is 0.506. The summed E-state index contributed by atoms with van der Waals surface area (Å²) in [6, 6.07) is 0. The lowest BCUT2D eigenvalue weighted by atomic mass is 10.0. The molecule has 1 unspecified atom stereocenters. The average Bonchev–Trinajstić information content (AvgIpc) is 2.57. The normalized spacial score (nSPS) is 24.4. The minimum atomic E-state index is -0.0772. The van der Waals surface area contributed by atoms with E-state index in [9.17, 15) is 5.11 Å². The second-order valence-electron chi connectivity index (χ2n) is 6.69. The zero-order valence-electron chi connectivity index (χ0n) is 11.8. The minimum Gasteiger partial charge on any atom is -0.393 e. The standard InChI is InChI=1S/C15H30O/c1-6-7-8-9-10-11-12(16)13-14(2,3)15(13,4)5/h12-13,16H,6-11H2,1-5H3. The van der Waals surface area contributed by atoms with Gasteiger partial charge in [-0.15, -0.1) is 0 Å². The molecule has 1 aliphatic rings. The summed E-state index contributed by atoms with van der Waals surface area (Å²) >= 11 is 0. The average molecular weight is 226 g/mol. The Bertz CT molecular complexity index is 203. The van der Waals surface area contributed by atoms with Gasteiger partial charge in [0.05, 0.1) is 6.10 Å². The molecule has 1 atom stereocenters. The highest BCUT2D eigenvalue weighted by Crippen LogP contribution is 2.70. The first-order valence-electron chi connectivity index (χ1n) is 7.03. The van der Waals surface area contributed by atoms with E-state index >= 15 is 0 Å². The molecular weight excluding hydrogens is 196 g/mol.